The number of ether oxygens (including phenoxy) is 3. The van der Waals surface area contributed by atoms with Gasteiger partial charge in [0.1, 0.15) is 12.6 Å². The Bertz CT molecular complexity index is 1040. The Hall–Kier alpha value is -2.97. The first-order valence-electron chi connectivity index (χ1n) is 20.3. The van der Waals surface area contributed by atoms with E-state index in [1.165, 1.54) is 6.42 Å². The second-order valence-electron chi connectivity index (χ2n) is 14.5. The predicted molar refractivity (Wildman–Crippen MR) is 212 cm³/mol. The monoisotopic (exact) mass is 730 g/mol. The minimum Gasteiger partial charge on any atom is -0.544 e. The van der Waals surface area contributed by atoms with Gasteiger partial charge in [-0.1, -0.05) is 120 Å². The molecule has 0 saturated carbocycles. The Labute approximate surface area is 318 Å². The fourth-order valence-electron chi connectivity index (χ4n) is 5.47. The van der Waals surface area contributed by atoms with Crippen LogP contribution in [0.5, 0.6) is 0 Å². The second-order valence-corrected chi connectivity index (χ2v) is 14.5. The molecule has 0 aliphatic carbocycles. The minimum atomic E-state index is -1.13. The number of nitrogens with zero attached hydrogens (tertiary/aromatic N) is 1. The van der Waals surface area contributed by atoms with Gasteiger partial charge in [0, 0.05) is 19.3 Å². The van der Waals surface area contributed by atoms with Crippen molar-refractivity contribution in [3.05, 3.63) is 60.8 Å². The molecule has 52 heavy (non-hydrogen) atoms. The molecule has 8 heteroatoms. The summed E-state index contributed by atoms with van der Waals surface area (Å²) in [6.07, 6.45) is 41.0. The molecule has 0 N–H and O–H groups in total. The molecule has 0 aromatic heterocycles. The second kappa shape index (κ2) is 35.1. The Balaban J connectivity index is 4.45. The molecule has 0 aromatic rings. The lowest BCUT2D eigenvalue weighted by Gasteiger charge is -2.34. The summed E-state index contributed by atoms with van der Waals surface area (Å²) >= 11 is 0. The number of allylic oxidation sites excluding steroid dienone is 10. The maximum Gasteiger partial charge on any atom is 0.306 e. The van der Waals surface area contributed by atoms with Gasteiger partial charge in [0.15, 0.2) is 6.10 Å². The average molecular weight is 730 g/mol. The molecule has 0 bridgehead atoms. The van der Waals surface area contributed by atoms with E-state index in [-0.39, 0.29) is 42.7 Å². The maximum atomic E-state index is 12.7. The van der Waals surface area contributed by atoms with E-state index in [9.17, 15) is 19.5 Å². The zero-order valence-electron chi connectivity index (χ0n) is 33.7. The van der Waals surface area contributed by atoms with Crippen LogP contribution in [-0.2, 0) is 28.6 Å². The van der Waals surface area contributed by atoms with Crippen molar-refractivity contribution in [2.75, 3.05) is 41.0 Å². The smallest absolute Gasteiger partial charge is 0.306 e. The third kappa shape index (κ3) is 32.9. The summed E-state index contributed by atoms with van der Waals surface area (Å²) in [4.78, 5) is 36.7. The lowest BCUT2D eigenvalue weighted by atomic mass is 10.1. The lowest BCUT2D eigenvalue weighted by Crippen LogP contribution is -2.55. The van der Waals surface area contributed by atoms with E-state index in [2.05, 4.69) is 74.6 Å². The van der Waals surface area contributed by atoms with E-state index in [1.54, 1.807) is 21.1 Å². The molecular formula is C44H75NO7. The summed E-state index contributed by atoms with van der Waals surface area (Å²) in [6.45, 7) is 4.43. The lowest BCUT2D eigenvalue weighted by molar-refractivity contribution is -0.889. The summed E-state index contributed by atoms with van der Waals surface area (Å²) in [5, 5.41) is 11.6. The fourth-order valence-corrected chi connectivity index (χ4v) is 5.47. The van der Waals surface area contributed by atoms with E-state index < -0.39 is 18.1 Å². The quantitative estimate of drug-likeness (QED) is 0.0277. The van der Waals surface area contributed by atoms with Gasteiger partial charge in [-0.05, 0) is 70.6 Å². The van der Waals surface area contributed by atoms with Crippen molar-refractivity contribution in [1.29, 1.82) is 0 Å². The van der Waals surface area contributed by atoms with Crippen LogP contribution in [0.1, 0.15) is 149 Å². The first-order valence-corrected chi connectivity index (χ1v) is 20.3. The highest BCUT2D eigenvalue weighted by Crippen LogP contribution is 2.12. The van der Waals surface area contributed by atoms with Crippen LogP contribution in [0.15, 0.2) is 60.8 Å². The van der Waals surface area contributed by atoms with Crippen molar-refractivity contribution >= 4 is 17.9 Å². The van der Waals surface area contributed by atoms with E-state index in [4.69, 9.17) is 14.2 Å². The van der Waals surface area contributed by atoms with Gasteiger partial charge in [-0.15, -0.1) is 0 Å². The molecule has 8 nitrogen and oxygen atoms in total. The molecule has 0 radical (unpaired) electrons. The number of esters is 2. The number of hydrogen-bond acceptors (Lipinski definition) is 7. The van der Waals surface area contributed by atoms with Crippen LogP contribution < -0.4 is 5.11 Å². The summed E-state index contributed by atoms with van der Waals surface area (Å²) in [5.41, 5.74) is 0. The van der Waals surface area contributed by atoms with Crippen LogP contribution in [0.25, 0.3) is 0 Å². The van der Waals surface area contributed by atoms with E-state index in [1.807, 2.05) is 0 Å². The number of quaternary nitrogens is 1. The van der Waals surface area contributed by atoms with Gasteiger partial charge in [0.2, 0.25) is 0 Å². The van der Waals surface area contributed by atoms with Crippen molar-refractivity contribution in [2.45, 2.75) is 161 Å². The molecule has 0 aliphatic heterocycles. The molecule has 0 heterocycles. The molecule has 0 spiro atoms. The number of unbranched alkanes of at least 4 members (excludes halogenated alkanes) is 11. The first-order chi connectivity index (χ1) is 25.1. The van der Waals surface area contributed by atoms with Gasteiger partial charge in [-0.3, -0.25) is 9.59 Å². The Morgan fingerprint density at radius 3 is 1.60 bits per heavy atom. The molecule has 298 valence electrons. The highest BCUT2D eigenvalue weighted by atomic mass is 16.6. The van der Waals surface area contributed by atoms with Crippen LogP contribution in [0, 0.1) is 0 Å². The van der Waals surface area contributed by atoms with Crippen LogP contribution in [0.4, 0.5) is 0 Å². The van der Waals surface area contributed by atoms with Crippen molar-refractivity contribution < 1.29 is 38.2 Å². The van der Waals surface area contributed by atoms with Gasteiger partial charge in [0.05, 0.1) is 40.3 Å². The molecule has 0 saturated heterocycles. The van der Waals surface area contributed by atoms with Gasteiger partial charge in [0.25, 0.3) is 0 Å². The van der Waals surface area contributed by atoms with E-state index in [0.29, 0.717) is 12.8 Å². The summed E-state index contributed by atoms with van der Waals surface area (Å²) in [5.74, 6) is -1.79. The average Bonchev–Trinajstić information content (AvgIpc) is 3.09. The number of hydrogen-bond donors (Lipinski definition) is 0. The molecule has 0 fully saturated rings. The highest BCUT2D eigenvalue weighted by molar-refractivity contribution is 5.70. The number of carboxylic acid groups (broad SMARTS) is 1. The minimum absolute atomic E-state index is 0.0264. The third-order valence-corrected chi connectivity index (χ3v) is 8.62. The van der Waals surface area contributed by atoms with Gasteiger partial charge < -0.3 is 28.6 Å². The van der Waals surface area contributed by atoms with Crippen molar-refractivity contribution in [2.24, 2.45) is 0 Å². The zero-order chi connectivity index (χ0) is 38.5. The molecule has 2 unspecified atom stereocenters. The summed E-state index contributed by atoms with van der Waals surface area (Å²) < 4.78 is 17.1. The summed E-state index contributed by atoms with van der Waals surface area (Å²) in [6, 6.07) is -0.732. The zero-order valence-corrected chi connectivity index (χ0v) is 33.7. The van der Waals surface area contributed by atoms with Crippen LogP contribution in [0.3, 0.4) is 0 Å². The third-order valence-electron chi connectivity index (χ3n) is 8.62. The standard InChI is InChI=1S/C44H75NO7/c1-6-8-10-12-14-16-18-20-21-23-25-27-29-31-33-35-43(47)52-40(38-50-37-36-41(44(48)49)45(3,4)5)39-51-42(46)34-32-30-28-26-24-22-19-17-15-13-11-9-7-2/h8,10-11,13-14,16-17,19-21,40-41H,6-7,9,12,15,18,22-39H2,1-5H3/b10-8-,13-11-,16-14-,19-17-,21-20-. The topological polar surface area (TPSA) is 102 Å². The van der Waals surface area contributed by atoms with Gasteiger partial charge in [-0.25, -0.2) is 0 Å². The number of aliphatic carboxylic acids is 1. The molecule has 0 amide bonds. The van der Waals surface area contributed by atoms with Gasteiger partial charge >= 0.3 is 11.9 Å². The van der Waals surface area contributed by atoms with Crippen LogP contribution in [0.2, 0.25) is 0 Å². The maximum absolute atomic E-state index is 12.7. The Morgan fingerprint density at radius 2 is 1.08 bits per heavy atom. The Kier molecular flexibility index (Phi) is 33.1. The largest absolute Gasteiger partial charge is 0.544 e. The summed E-state index contributed by atoms with van der Waals surface area (Å²) in [7, 11) is 5.38. The molecule has 2 atom stereocenters. The van der Waals surface area contributed by atoms with E-state index in [0.717, 1.165) is 109 Å². The molecular weight excluding hydrogens is 654 g/mol. The van der Waals surface area contributed by atoms with Crippen molar-refractivity contribution in [3.8, 4) is 0 Å². The normalized spacial score (nSPS) is 13.6. The number of carbonyl (C=O) groups excluding carboxylic acids is 3. The van der Waals surface area contributed by atoms with Crippen molar-refractivity contribution in [3.63, 3.8) is 0 Å². The molecule has 0 rings (SSSR count). The number of carbonyl (C=O) groups is 3. The van der Waals surface area contributed by atoms with Crippen LogP contribution >= 0.6 is 0 Å². The van der Waals surface area contributed by atoms with Gasteiger partial charge in [-0.2, -0.15) is 0 Å². The number of likely N-dealkylation sites (N-methyl/N-ethyl adjacent to an activating group) is 1. The molecule has 0 aliphatic rings. The highest BCUT2D eigenvalue weighted by Gasteiger charge is 2.25. The Morgan fingerprint density at radius 1 is 0.596 bits per heavy atom. The predicted octanol–water partition coefficient (Wildman–Crippen LogP) is 9.30. The van der Waals surface area contributed by atoms with E-state index >= 15 is 0 Å². The van der Waals surface area contributed by atoms with Crippen LogP contribution in [-0.4, -0.2) is 75.5 Å². The fraction of sp³-hybridized carbons (Fsp3) is 0.705. The number of rotatable bonds is 35. The molecule has 0 aromatic carbocycles. The first kappa shape index (κ1) is 49.0. The number of carboxylic acids is 1. The SMILES string of the molecule is CC/C=C\C/C=C\C/C=C\CCCCCCCC(=O)OC(COCCC(C(=O)[O-])[N+](C)(C)C)COC(=O)CCCCCCC/C=C\C/C=C\CCC. The van der Waals surface area contributed by atoms with Crippen molar-refractivity contribution in [1.82, 2.24) is 0 Å².